The SMILES string of the molecule is CCN(CC)CCCC(C)NC(=NC)NCCC(=O)N1CCN(c2ccc(F)cc2)CC1. The Bertz CT molecular complexity index is 699. The van der Waals surface area contributed by atoms with Crippen LogP contribution in [0, 0.1) is 5.82 Å². The van der Waals surface area contributed by atoms with Crippen LogP contribution in [0.4, 0.5) is 10.1 Å². The number of guanidine groups is 1. The number of anilines is 1. The van der Waals surface area contributed by atoms with Gasteiger partial charge in [0.25, 0.3) is 0 Å². The third-order valence-corrected chi connectivity index (χ3v) is 6.07. The Hall–Kier alpha value is -2.35. The van der Waals surface area contributed by atoms with Gasteiger partial charge in [0.1, 0.15) is 5.82 Å². The van der Waals surface area contributed by atoms with Gasteiger partial charge in [-0.1, -0.05) is 13.8 Å². The van der Waals surface area contributed by atoms with Crippen molar-refractivity contribution in [1.29, 1.82) is 0 Å². The lowest BCUT2D eigenvalue weighted by atomic mass is 10.2. The van der Waals surface area contributed by atoms with Crippen molar-refractivity contribution >= 4 is 17.6 Å². The predicted octanol–water partition coefficient (Wildman–Crippen LogP) is 2.54. The first-order chi connectivity index (χ1) is 15.5. The van der Waals surface area contributed by atoms with Gasteiger partial charge in [-0.05, 0) is 63.7 Å². The van der Waals surface area contributed by atoms with E-state index in [0.717, 1.165) is 57.2 Å². The fraction of sp³-hybridized carbons (Fsp3) is 0.667. The molecule has 0 spiro atoms. The first-order valence-electron chi connectivity index (χ1n) is 11.9. The highest BCUT2D eigenvalue weighted by Crippen LogP contribution is 2.17. The van der Waals surface area contributed by atoms with E-state index in [1.807, 2.05) is 4.90 Å². The van der Waals surface area contributed by atoms with Gasteiger partial charge in [0.15, 0.2) is 5.96 Å². The molecule has 2 N–H and O–H groups in total. The molecule has 1 unspecified atom stereocenters. The predicted molar refractivity (Wildman–Crippen MR) is 131 cm³/mol. The normalized spacial score (nSPS) is 15.8. The van der Waals surface area contributed by atoms with Crippen LogP contribution < -0.4 is 15.5 Å². The van der Waals surface area contributed by atoms with Crippen molar-refractivity contribution in [2.45, 2.75) is 46.1 Å². The summed E-state index contributed by atoms with van der Waals surface area (Å²) in [5.41, 5.74) is 1.00. The molecular weight excluding hydrogens is 407 g/mol. The Balaban J connectivity index is 1.64. The number of nitrogens with zero attached hydrogens (tertiary/aromatic N) is 4. The average Bonchev–Trinajstić information content (AvgIpc) is 2.81. The quantitative estimate of drug-likeness (QED) is 0.402. The molecule has 1 saturated heterocycles. The third-order valence-electron chi connectivity index (χ3n) is 6.07. The zero-order valence-electron chi connectivity index (χ0n) is 20.2. The summed E-state index contributed by atoms with van der Waals surface area (Å²) in [5.74, 6) is 0.668. The molecule has 1 aromatic rings. The van der Waals surface area contributed by atoms with E-state index in [0.29, 0.717) is 32.1 Å². The Kier molecular flexibility index (Phi) is 11.3. The number of hydrogen-bond donors (Lipinski definition) is 2. The number of halogens is 1. The maximum absolute atomic E-state index is 13.1. The molecule has 32 heavy (non-hydrogen) atoms. The minimum atomic E-state index is -0.228. The molecule has 0 bridgehead atoms. The third kappa shape index (κ3) is 8.65. The summed E-state index contributed by atoms with van der Waals surface area (Å²) in [4.78, 5) is 23.4. The lowest BCUT2D eigenvalue weighted by Gasteiger charge is -2.36. The van der Waals surface area contributed by atoms with Crippen molar-refractivity contribution in [3.8, 4) is 0 Å². The molecule has 1 aliphatic rings. The lowest BCUT2D eigenvalue weighted by molar-refractivity contribution is -0.131. The molecule has 1 aliphatic heterocycles. The van der Waals surface area contributed by atoms with E-state index in [9.17, 15) is 9.18 Å². The first kappa shape index (κ1) is 25.9. The van der Waals surface area contributed by atoms with Crippen molar-refractivity contribution in [3.05, 3.63) is 30.1 Å². The zero-order chi connectivity index (χ0) is 23.3. The molecule has 7 nitrogen and oxygen atoms in total. The standard InChI is InChI=1S/C24H41FN6O/c1-5-29(6-2)15-7-8-20(3)28-24(26-4)27-14-13-23(32)31-18-16-30(17-19-31)22-11-9-21(25)10-12-22/h9-12,20H,5-8,13-19H2,1-4H3,(H2,26,27,28). The number of carbonyl (C=O) groups excluding carboxylic acids is 1. The van der Waals surface area contributed by atoms with Gasteiger partial charge in [-0.2, -0.15) is 0 Å². The second kappa shape index (κ2) is 13.9. The van der Waals surface area contributed by atoms with Crippen LogP contribution in [0.3, 0.4) is 0 Å². The minimum absolute atomic E-state index is 0.152. The van der Waals surface area contributed by atoms with Crippen LogP contribution in [0.1, 0.15) is 40.0 Å². The summed E-state index contributed by atoms with van der Waals surface area (Å²) in [7, 11) is 1.76. The van der Waals surface area contributed by atoms with Crippen LogP contribution in [0.15, 0.2) is 29.3 Å². The Morgan fingerprint density at radius 2 is 1.81 bits per heavy atom. The summed E-state index contributed by atoms with van der Waals surface area (Å²) >= 11 is 0. The van der Waals surface area contributed by atoms with Gasteiger partial charge in [0.05, 0.1) is 0 Å². The molecule has 1 atom stereocenters. The van der Waals surface area contributed by atoms with Gasteiger partial charge < -0.3 is 25.3 Å². The number of piperazine rings is 1. The van der Waals surface area contributed by atoms with Crippen molar-refractivity contribution in [2.24, 2.45) is 4.99 Å². The topological polar surface area (TPSA) is 63.2 Å². The molecular formula is C24H41FN6O. The zero-order valence-corrected chi connectivity index (χ0v) is 20.2. The fourth-order valence-electron chi connectivity index (χ4n) is 3.97. The van der Waals surface area contributed by atoms with Crippen LogP contribution in [0.2, 0.25) is 0 Å². The van der Waals surface area contributed by atoms with Gasteiger partial charge in [0.2, 0.25) is 5.91 Å². The van der Waals surface area contributed by atoms with Crippen LogP contribution >= 0.6 is 0 Å². The van der Waals surface area contributed by atoms with E-state index in [4.69, 9.17) is 0 Å². The smallest absolute Gasteiger partial charge is 0.224 e. The number of nitrogens with one attached hydrogen (secondary N) is 2. The van der Waals surface area contributed by atoms with Crippen molar-refractivity contribution in [3.63, 3.8) is 0 Å². The van der Waals surface area contributed by atoms with E-state index in [1.54, 1.807) is 19.2 Å². The van der Waals surface area contributed by atoms with Crippen LogP contribution in [0.5, 0.6) is 0 Å². The molecule has 1 aromatic carbocycles. The summed E-state index contributed by atoms with van der Waals surface area (Å²) in [5, 5.41) is 6.69. The number of carbonyl (C=O) groups is 1. The van der Waals surface area contributed by atoms with E-state index in [1.165, 1.54) is 12.1 Å². The van der Waals surface area contributed by atoms with Gasteiger partial charge >= 0.3 is 0 Å². The second-order valence-electron chi connectivity index (χ2n) is 8.31. The van der Waals surface area contributed by atoms with Crippen molar-refractivity contribution < 1.29 is 9.18 Å². The summed E-state index contributed by atoms with van der Waals surface area (Å²) in [6.07, 6.45) is 2.66. The molecule has 1 amide bonds. The molecule has 0 saturated carbocycles. The minimum Gasteiger partial charge on any atom is -0.368 e. The first-order valence-corrected chi connectivity index (χ1v) is 11.9. The summed E-state index contributed by atoms with van der Waals surface area (Å²) < 4.78 is 13.1. The van der Waals surface area contributed by atoms with E-state index >= 15 is 0 Å². The van der Waals surface area contributed by atoms with Crippen LogP contribution in [-0.4, -0.2) is 87.1 Å². The van der Waals surface area contributed by atoms with Gasteiger partial charge in [-0.3, -0.25) is 9.79 Å². The largest absolute Gasteiger partial charge is 0.368 e. The number of benzene rings is 1. The second-order valence-corrected chi connectivity index (χ2v) is 8.31. The monoisotopic (exact) mass is 448 g/mol. The van der Waals surface area contributed by atoms with Crippen molar-refractivity contribution in [2.75, 3.05) is 64.3 Å². The maximum Gasteiger partial charge on any atom is 0.224 e. The summed E-state index contributed by atoms with van der Waals surface area (Å²) in [6, 6.07) is 6.86. The maximum atomic E-state index is 13.1. The molecule has 0 radical (unpaired) electrons. The van der Waals surface area contributed by atoms with Crippen molar-refractivity contribution in [1.82, 2.24) is 20.4 Å². The fourth-order valence-corrected chi connectivity index (χ4v) is 3.97. The van der Waals surface area contributed by atoms with Gasteiger partial charge in [0, 0.05) is 57.9 Å². The number of hydrogen-bond acceptors (Lipinski definition) is 4. The number of rotatable bonds is 11. The molecule has 0 aromatic heterocycles. The molecule has 1 heterocycles. The molecule has 8 heteroatoms. The van der Waals surface area contributed by atoms with E-state index < -0.39 is 0 Å². The summed E-state index contributed by atoms with van der Waals surface area (Å²) in [6.45, 7) is 13.3. The molecule has 1 fully saturated rings. The number of amides is 1. The van der Waals surface area contributed by atoms with Gasteiger partial charge in [-0.25, -0.2) is 4.39 Å². The Labute approximate surface area is 193 Å². The molecule has 2 rings (SSSR count). The van der Waals surface area contributed by atoms with Crippen LogP contribution in [-0.2, 0) is 4.79 Å². The van der Waals surface area contributed by atoms with Crippen LogP contribution in [0.25, 0.3) is 0 Å². The number of aliphatic imine (C=N–C) groups is 1. The highest BCUT2D eigenvalue weighted by Gasteiger charge is 2.21. The average molecular weight is 449 g/mol. The Morgan fingerprint density at radius 1 is 1.16 bits per heavy atom. The highest BCUT2D eigenvalue weighted by molar-refractivity contribution is 5.81. The lowest BCUT2D eigenvalue weighted by Crippen LogP contribution is -2.49. The Morgan fingerprint density at radius 3 is 2.41 bits per heavy atom. The van der Waals surface area contributed by atoms with E-state index in [2.05, 4.69) is 46.2 Å². The highest BCUT2D eigenvalue weighted by atomic mass is 19.1. The molecule has 0 aliphatic carbocycles. The van der Waals surface area contributed by atoms with E-state index in [-0.39, 0.29) is 11.7 Å². The van der Waals surface area contributed by atoms with Gasteiger partial charge in [-0.15, -0.1) is 0 Å². The molecule has 180 valence electrons.